The Bertz CT molecular complexity index is 378. The summed E-state index contributed by atoms with van der Waals surface area (Å²) in [6.07, 6.45) is 2.98. The molecule has 0 saturated heterocycles. The summed E-state index contributed by atoms with van der Waals surface area (Å²) in [6.45, 7) is 4.87. The van der Waals surface area contributed by atoms with Crippen molar-refractivity contribution >= 4 is 15.9 Å². The SMILES string of the molecule is CCCC(OCC)C(N)Cc1cc(OC)ccc1Br. The van der Waals surface area contributed by atoms with E-state index in [1.54, 1.807) is 7.11 Å². The summed E-state index contributed by atoms with van der Waals surface area (Å²) in [7, 11) is 1.67. The predicted molar refractivity (Wildman–Crippen MR) is 82.7 cm³/mol. The van der Waals surface area contributed by atoms with Crippen molar-refractivity contribution in [3.8, 4) is 5.75 Å². The van der Waals surface area contributed by atoms with Gasteiger partial charge in [0.15, 0.2) is 0 Å². The van der Waals surface area contributed by atoms with Crippen LogP contribution in [0.1, 0.15) is 32.3 Å². The van der Waals surface area contributed by atoms with Crippen molar-refractivity contribution in [3.63, 3.8) is 0 Å². The van der Waals surface area contributed by atoms with Crippen LogP contribution in [0, 0.1) is 0 Å². The fourth-order valence-corrected chi connectivity index (χ4v) is 2.55. The predicted octanol–water partition coefficient (Wildman–Crippen LogP) is 3.53. The van der Waals surface area contributed by atoms with Crippen molar-refractivity contribution in [1.29, 1.82) is 0 Å². The monoisotopic (exact) mass is 329 g/mol. The average molecular weight is 330 g/mol. The van der Waals surface area contributed by atoms with Crippen LogP contribution in [0.2, 0.25) is 0 Å². The van der Waals surface area contributed by atoms with Crippen LogP contribution < -0.4 is 10.5 Å². The van der Waals surface area contributed by atoms with Crippen LogP contribution >= 0.6 is 15.9 Å². The molecule has 4 heteroatoms. The molecule has 2 unspecified atom stereocenters. The van der Waals surface area contributed by atoms with Gasteiger partial charge in [0.1, 0.15) is 5.75 Å². The maximum atomic E-state index is 6.30. The minimum atomic E-state index is 0.00306. The summed E-state index contributed by atoms with van der Waals surface area (Å²) in [6, 6.07) is 5.96. The summed E-state index contributed by atoms with van der Waals surface area (Å²) < 4.78 is 12.1. The largest absolute Gasteiger partial charge is 0.497 e. The molecule has 0 aliphatic rings. The Morgan fingerprint density at radius 2 is 2.05 bits per heavy atom. The lowest BCUT2D eigenvalue weighted by Gasteiger charge is -2.24. The molecule has 1 aromatic rings. The van der Waals surface area contributed by atoms with Gasteiger partial charge in [0, 0.05) is 17.1 Å². The maximum absolute atomic E-state index is 6.30. The standard InChI is InChI=1S/C15H24BrNO2/c1-4-6-15(19-5-2)14(17)10-11-9-12(18-3)7-8-13(11)16/h7-9,14-15H,4-6,10,17H2,1-3H3. The van der Waals surface area contributed by atoms with Crippen molar-refractivity contribution in [1.82, 2.24) is 0 Å². The van der Waals surface area contributed by atoms with Crippen molar-refractivity contribution in [3.05, 3.63) is 28.2 Å². The number of rotatable bonds is 8. The molecule has 1 aromatic carbocycles. The molecule has 2 N–H and O–H groups in total. The van der Waals surface area contributed by atoms with E-state index in [4.69, 9.17) is 15.2 Å². The molecule has 0 bridgehead atoms. The highest BCUT2D eigenvalue weighted by Crippen LogP contribution is 2.24. The van der Waals surface area contributed by atoms with Crippen molar-refractivity contribution in [2.45, 2.75) is 45.3 Å². The quantitative estimate of drug-likeness (QED) is 0.793. The average Bonchev–Trinajstić information content (AvgIpc) is 2.41. The Hall–Kier alpha value is -0.580. The number of hydrogen-bond donors (Lipinski definition) is 1. The van der Waals surface area contributed by atoms with E-state index in [0.29, 0.717) is 6.61 Å². The Kier molecular flexibility index (Phi) is 7.42. The molecule has 0 fully saturated rings. The zero-order chi connectivity index (χ0) is 14.3. The Morgan fingerprint density at radius 1 is 1.32 bits per heavy atom. The number of hydrogen-bond acceptors (Lipinski definition) is 3. The van der Waals surface area contributed by atoms with Crippen LogP contribution in [0.25, 0.3) is 0 Å². The van der Waals surface area contributed by atoms with Crippen molar-refractivity contribution in [2.75, 3.05) is 13.7 Å². The van der Waals surface area contributed by atoms with Gasteiger partial charge in [0.05, 0.1) is 13.2 Å². The third-order valence-electron chi connectivity index (χ3n) is 3.14. The van der Waals surface area contributed by atoms with Gasteiger partial charge in [-0.2, -0.15) is 0 Å². The summed E-state index contributed by atoms with van der Waals surface area (Å²) in [5, 5.41) is 0. The smallest absolute Gasteiger partial charge is 0.119 e. The lowest BCUT2D eigenvalue weighted by atomic mass is 9.99. The maximum Gasteiger partial charge on any atom is 0.119 e. The van der Waals surface area contributed by atoms with Crippen LogP contribution in [0.15, 0.2) is 22.7 Å². The fourth-order valence-electron chi connectivity index (χ4n) is 2.14. The highest BCUT2D eigenvalue weighted by Gasteiger charge is 2.18. The molecular weight excluding hydrogens is 306 g/mol. The highest BCUT2D eigenvalue weighted by molar-refractivity contribution is 9.10. The van der Waals surface area contributed by atoms with Gasteiger partial charge in [-0.25, -0.2) is 0 Å². The second-order valence-corrected chi connectivity index (χ2v) is 5.46. The second kappa shape index (κ2) is 8.56. The molecule has 2 atom stereocenters. The minimum absolute atomic E-state index is 0.00306. The van der Waals surface area contributed by atoms with Gasteiger partial charge >= 0.3 is 0 Å². The molecule has 1 rings (SSSR count). The van der Waals surface area contributed by atoms with Crippen molar-refractivity contribution in [2.24, 2.45) is 5.73 Å². The van der Waals surface area contributed by atoms with Crippen molar-refractivity contribution < 1.29 is 9.47 Å². The Morgan fingerprint density at radius 3 is 2.63 bits per heavy atom. The molecule has 0 aromatic heterocycles. The third-order valence-corrected chi connectivity index (χ3v) is 3.91. The van der Waals surface area contributed by atoms with E-state index in [-0.39, 0.29) is 12.1 Å². The molecule has 19 heavy (non-hydrogen) atoms. The molecule has 0 spiro atoms. The van der Waals surface area contributed by atoms with Gasteiger partial charge in [-0.1, -0.05) is 29.3 Å². The third kappa shape index (κ3) is 5.13. The first-order valence-corrected chi connectivity index (χ1v) is 7.61. The zero-order valence-electron chi connectivity index (χ0n) is 12.0. The zero-order valence-corrected chi connectivity index (χ0v) is 13.6. The van der Waals surface area contributed by atoms with Gasteiger partial charge in [-0.3, -0.25) is 0 Å². The van der Waals surface area contributed by atoms with Crippen LogP contribution in [0.3, 0.4) is 0 Å². The molecule has 0 aliphatic carbocycles. The van der Waals surface area contributed by atoms with E-state index in [1.165, 1.54) is 0 Å². The molecule has 0 radical (unpaired) electrons. The minimum Gasteiger partial charge on any atom is -0.497 e. The van der Waals surface area contributed by atoms with Crippen LogP contribution in [-0.2, 0) is 11.2 Å². The van der Waals surface area contributed by atoms with E-state index < -0.39 is 0 Å². The van der Waals surface area contributed by atoms with Gasteiger partial charge in [-0.05, 0) is 43.5 Å². The first kappa shape index (κ1) is 16.5. The van der Waals surface area contributed by atoms with E-state index in [2.05, 4.69) is 22.9 Å². The lowest BCUT2D eigenvalue weighted by molar-refractivity contribution is 0.0378. The second-order valence-electron chi connectivity index (χ2n) is 4.61. The first-order valence-electron chi connectivity index (χ1n) is 6.81. The molecule has 0 saturated carbocycles. The number of halogens is 1. The molecule has 108 valence electrons. The molecule has 3 nitrogen and oxygen atoms in total. The van der Waals surface area contributed by atoms with E-state index in [9.17, 15) is 0 Å². The molecular formula is C15H24BrNO2. The van der Waals surface area contributed by atoms with Gasteiger partial charge in [0.25, 0.3) is 0 Å². The highest BCUT2D eigenvalue weighted by atomic mass is 79.9. The summed E-state index contributed by atoms with van der Waals surface area (Å²) >= 11 is 3.56. The van der Waals surface area contributed by atoms with E-state index >= 15 is 0 Å². The summed E-state index contributed by atoms with van der Waals surface area (Å²) in [4.78, 5) is 0. The molecule has 0 amide bonds. The Balaban J connectivity index is 2.75. The van der Waals surface area contributed by atoms with Crippen LogP contribution in [-0.4, -0.2) is 25.9 Å². The van der Waals surface area contributed by atoms with Crippen LogP contribution in [0.4, 0.5) is 0 Å². The number of benzene rings is 1. The topological polar surface area (TPSA) is 44.5 Å². The fraction of sp³-hybridized carbons (Fsp3) is 0.600. The normalized spacial score (nSPS) is 14.2. The number of nitrogens with two attached hydrogens (primary N) is 1. The van der Waals surface area contributed by atoms with Gasteiger partial charge in [-0.15, -0.1) is 0 Å². The Labute approximate surface area is 124 Å². The summed E-state index contributed by atoms with van der Waals surface area (Å²) in [5.74, 6) is 0.855. The van der Waals surface area contributed by atoms with Crippen LogP contribution in [0.5, 0.6) is 5.75 Å². The number of ether oxygens (including phenoxy) is 2. The van der Waals surface area contributed by atoms with E-state index in [0.717, 1.165) is 35.0 Å². The summed E-state index contributed by atoms with van der Waals surface area (Å²) in [5.41, 5.74) is 7.46. The van der Waals surface area contributed by atoms with Gasteiger partial charge in [0.2, 0.25) is 0 Å². The van der Waals surface area contributed by atoms with Gasteiger partial charge < -0.3 is 15.2 Å². The molecule has 0 heterocycles. The number of methoxy groups -OCH3 is 1. The lowest BCUT2D eigenvalue weighted by Crippen LogP contribution is -2.38. The molecule has 0 aliphatic heterocycles. The van der Waals surface area contributed by atoms with E-state index in [1.807, 2.05) is 25.1 Å². The first-order chi connectivity index (χ1) is 9.12.